The first-order valence-electron chi connectivity index (χ1n) is 9.32. The van der Waals surface area contributed by atoms with E-state index in [4.69, 9.17) is 19.2 Å². The molecule has 0 bridgehead atoms. The van der Waals surface area contributed by atoms with Crippen molar-refractivity contribution in [3.05, 3.63) is 35.6 Å². The van der Waals surface area contributed by atoms with Crippen molar-refractivity contribution in [2.24, 2.45) is 10.9 Å². The van der Waals surface area contributed by atoms with Gasteiger partial charge in [-0.2, -0.15) is 0 Å². The number of benzene rings is 1. The Morgan fingerprint density at radius 1 is 1.43 bits per heavy atom. The Morgan fingerprint density at radius 3 is 2.86 bits per heavy atom. The maximum absolute atomic E-state index is 14.8. The van der Waals surface area contributed by atoms with Gasteiger partial charge in [0.25, 0.3) is 0 Å². The number of nitrogens with zero attached hydrogens (tertiary/aromatic N) is 1. The molecule has 1 amide bonds. The van der Waals surface area contributed by atoms with Crippen LogP contribution >= 0.6 is 11.8 Å². The molecule has 1 N–H and O–H groups in total. The normalized spacial score (nSPS) is 27.5. The smallest absolute Gasteiger partial charge is 0.413 e. The van der Waals surface area contributed by atoms with Crippen molar-refractivity contribution in [2.75, 3.05) is 26.1 Å². The van der Waals surface area contributed by atoms with E-state index < -0.39 is 17.2 Å². The number of amidine groups is 1. The van der Waals surface area contributed by atoms with Gasteiger partial charge >= 0.3 is 6.09 Å². The molecular formula is C20H27FN2O4S. The van der Waals surface area contributed by atoms with Gasteiger partial charge in [0.05, 0.1) is 24.9 Å². The van der Waals surface area contributed by atoms with Crippen LogP contribution in [0.3, 0.4) is 0 Å². The molecule has 0 spiro atoms. The van der Waals surface area contributed by atoms with Crippen molar-refractivity contribution >= 4 is 23.0 Å². The molecule has 2 heterocycles. The summed E-state index contributed by atoms with van der Waals surface area (Å²) in [6, 6.07) is 6.68. The molecule has 28 heavy (non-hydrogen) atoms. The molecule has 0 saturated carbocycles. The van der Waals surface area contributed by atoms with E-state index in [1.165, 1.54) is 17.8 Å². The molecule has 1 aromatic rings. The zero-order chi connectivity index (χ0) is 20.4. The van der Waals surface area contributed by atoms with E-state index in [0.29, 0.717) is 36.1 Å². The first kappa shape index (κ1) is 21.1. The summed E-state index contributed by atoms with van der Waals surface area (Å²) >= 11 is 1.42. The highest BCUT2D eigenvalue weighted by molar-refractivity contribution is 8.13. The maximum Gasteiger partial charge on any atom is 0.413 e. The zero-order valence-corrected chi connectivity index (χ0v) is 17.5. The number of alkyl carbamates (subject to hydrolysis) is 1. The minimum atomic E-state index is -0.817. The van der Waals surface area contributed by atoms with E-state index in [-0.39, 0.29) is 17.8 Å². The average Bonchev–Trinajstić information content (AvgIpc) is 2.60. The summed E-state index contributed by atoms with van der Waals surface area (Å²) in [5.41, 5.74) is -0.909. The van der Waals surface area contributed by atoms with Crippen LogP contribution in [0.4, 0.5) is 9.18 Å². The van der Waals surface area contributed by atoms with Crippen molar-refractivity contribution in [3.63, 3.8) is 0 Å². The molecule has 2 aliphatic rings. The van der Waals surface area contributed by atoms with Crippen LogP contribution in [0.1, 0.15) is 32.8 Å². The predicted octanol–water partition coefficient (Wildman–Crippen LogP) is 3.70. The van der Waals surface area contributed by atoms with Crippen molar-refractivity contribution < 1.29 is 23.4 Å². The van der Waals surface area contributed by atoms with Crippen LogP contribution in [0.5, 0.6) is 0 Å². The molecule has 0 unspecified atom stereocenters. The predicted molar refractivity (Wildman–Crippen MR) is 107 cm³/mol. The number of thioether (sulfide) groups is 1. The number of carbonyl (C=O) groups excluding carboxylic acids is 1. The molecule has 3 atom stereocenters. The Kier molecular flexibility index (Phi) is 6.31. The number of halogens is 1. The second kappa shape index (κ2) is 8.39. The van der Waals surface area contributed by atoms with E-state index >= 15 is 0 Å². The maximum atomic E-state index is 14.8. The van der Waals surface area contributed by atoms with Gasteiger partial charge in [0.15, 0.2) is 5.17 Å². The Labute approximate surface area is 169 Å². The third-order valence-electron chi connectivity index (χ3n) is 4.77. The molecule has 1 aromatic carbocycles. The standard InChI is InChI=1S/C20H27FN2O4S/c1-19(2,3)27-18(24)22-17-23-20(15-7-5-6-8-16(15)21)9-14(11-25-4)26-10-13(20)12-28-17/h5-8,13-14H,9-12H2,1-4H3,(H,22,23,24)/t13-,14+,20-/m0/s1. The van der Waals surface area contributed by atoms with Crippen LogP contribution in [-0.4, -0.2) is 49.0 Å². The molecule has 0 aromatic heterocycles. The lowest BCUT2D eigenvalue weighted by atomic mass is 9.73. The molecule has 2 aliphatic heterocycles. The summed E-state index contributed by atoms with van der Waals surface area (Å²) in [6.07, 6.45) is -0.288. The molecule has 3 rings (SSSR count). The van der Waals surface area contributed by atoms with Crippen LogP contribution in [-0.2, 0) is 19.7 Å². The number of methoxy groups -OCH3 is 1. The van der Waals surface area contributed by atoms with E-state index in [1.54, 1.807) is 40.0 Å². The van der Waals surface area contributed by atoms with E-state index in [0.717, 1.165) is 0 Å². The van der Waals surface area contributed by atoms with Crippen LogP contribution < -0.4 is 5.32 Å². The summed E-state index contributed by atoms with van der Waals surface area (Å²) in [6.45, 7) is 6.26. The molecular weight excluding hydrogens is 383 g/mol. The van der Waals surface area contributed by atoms with Crippen LogP contribution in [0.15, 0.2) is 29.3 Å². The fourth-order valence-corrected chi connectivity index (χ4v) is 4.74. The summed E-state index contributed by atoms with van der Waals surface area (Å²) in [5, 5.41) is 3.16. The first-order chi connectivity index (χ1) is 13.2. The lowest BCUT2D eigenvalue weighted by Crippen LogP contribution is -2.51. The van der Waals surface area contributed by atoms with Crippen molar-refractivity contribution in [3.8, 4) is 0 Å². The lowest BCUT2D eigenvalue weighted by molar-refractivity contribution is -0.0812. The number of ether oxygens (including phenoxy) is 3. The number of amides is 1. The fourth-order valence-electron chi connectivity index (χ4n) is 3.63. The number of hydrogen-bond donors (Lipinski definition) is 1. The highest BCUT2D eigenvalue weighted by atomic mass is 32.2. The van der Waals surface area contributed by atoms with Gasteiger partial charge in [0.2, 0.25) is 0 Å². The Bertz CT molecular complexity index is 752. The number of aliphatic imine (C=N–C) groups is 1. The number of carbonyl (C=O) groups is 1. The van der Waals surface area contributed by atoms with Crippen molar-refractivity contribution in [2.45, 2.75) is 44.4 Å². The third-order valence-corrected chi connectivity index (χ3v) is 5.81. The van der Waals surface area contributed by atoms with Gasteiger partial charge in [0.1, 0.15) is 11.4 Å². The Balaban J connectivity index is 1.96. The Morgan fingerprint density at radius 2 is 2.18 bits per heavy atom. The molecule has 1 fully saturated rings. The number of hydrogen-bond acceptors (Lipinski definition) is 6. The molecule has 0 aliphatic carbocycles. The Hall–Kier alpha value is -1.64. The highest BCUT2D eigenvalue weighted by Gasteiger charge is 2.50. The van der Waals surface area contributed by atoms with Gasteiger partial charge in [0, 0.05) is 30.8 Å². The number of fused-ring (bicyclic) bond motifs is 1. The van der Waals surface area contributed by atoms with Gasteiger partial charge in [-0.05, 0) is 26.8 Å². The summed E-state index contributed by atoms with van der Waals surface area (Å²) in [7, 11) is 1.61. The van der Waals surface area contributed by atoms with E-state index in [9.17, 15) is 9.18 Å². The molecule has 8 heteroatoms. The monoisotopic (exact) mass is 410 g/mol. The van der Waals surface area contributed by atoms with Gasteiger partial charge < -0.3 is 14.2 Å². The summed E-state index contributed by atoms with van der Waals surface area (Å²) in [5.74, 6) is 0.340. The van der Waals surface area contributed by atoms with Crippen LogP contribution in [0.25, 0.3) is 0 Å². The summed E-state index contributed by atoms with van der Waals surface area (Å²) < 4.78 is 31.3. The molecule has 0 radical (unpaired) electrons. The minimum absolute atomic E-state index is 0.00769. The van der Waals surface area contributed by atoms with Gasteiger partial charge in [-0.1, -0.05) is 30.0 Å². The molecule has 154 valence electrons. The number of rotatable bonds is 3. The molecule has 1 saturated heterocycles. The van der Waals surface area contributed by atoms with Crippen molar-refractivity contribution in [1.82, 2.24) is 5.32 Å². The van der Waals surface area contributed by atoms with Gasteiger partial charge in [-0.3, -0.25) is 10.3 Å². The summed E-state index contributed by atoms with van der Waals surface area (Å²) in [4.78, 5) is 17.1. The van der Waals surface area contributed by atoms with Gasteiger partial charge in [-0.25, -0.2) is 9.18 Å². The van der Waals surface area contributed by atoms with E-state index in [1.807, 2.05) is 6.07 Å². The largest absolute Gasteiger partial charge is 0.444 e. The first-order valence-corrected chi connectivity index (χ1v) is 10.3. The third kappa shape index (κ3) is 4.67. The number of nitrogens with one attached hydrogen (secondary N) is 1. The van der Waals surface area contributed by atoms with E-state index in [2.05, 4.69) is 5.32 Å². The second-order valence-electron chi connectivity index (χ2n) is 8.07. The highest BCUT2D eigenvalue weighted by Crippen LogP contribution is 2.47. The lowest BCUT2D eigenvalue weighted by Gasteiger charge is -2.46. The quantitative estimate of drug-likeness (QED) is 0.823. The zero-order valence-electron chi connectivity index (χ0n) is 16.7. The van der Waals surface area contributed by atoms with Crippen LogP contribution in [0.2, 0.25) is 0 Å². The SMILES string of the molecule is COC[C@H]1C[C@]2(c3ccccc3F)N=C(NC(=O)OC(C)(C)C)SC[C@@H]2CO1. The minimum Gasteiger partial charge on any atom is -0.444 e. The fraction of sp³-hybridized carbons (Fsp3) is 0.600. The van der Waals surface area contributed by atoms with Crippen molar-refractivity contribution in [1.29, 1.82) is 0 Å². The second-order valence-corrected chi connectivity index (χ2v) is 9.08. The average molecular weight is 411 g/mol. The topological polar surface area (TPSA) is 69.2 Å². The van der Waals surface area contributed by atoms with Gasteiger partial charge in [-0.15, -0.1) is 0 Å². The van der Waals surface area contributed by atoms with Crippen LogP contribution in [0, 0.1) is 11.7 Å². The molecule has 6 nitrogen and oxygen atoms in total.